The standard InChI is InChI=1S/C42H30N2O7S/c1-25-22-27(26-10-4-2-5-11-26)16-21-35(25)51-36-23-34(43-28-17-19-30(20-18-28)52(47,48)49)38-39-37(31-14-8-9-15-32(31)41(38)45)33(42(46)44-40(36)39)24-50-29-12-6-3-7-13-29/h2-23,43H,24H2,1H3,(H,44,46)(H,47,48,49). The van der Waals surface area contributed by atoms with Gasteiger partial charge < -0.3 is 19.8 Å². The lowest BCUT2D eigenvalue weighted by Gasteiger charge is -2.26. The summed E-state index contributed by atoms with van der Waals surface area (Å²) >= 11 is 0. The van der Waals surface area contributed by atoms with E-state index < -0.39 is 15.7 Å². The van der Waals surface area contributed by atoms with Gasteiger partial charge in [-0.1, -0.05) is 78.9 Å². The number of H-pyrrole nitrogens is 1. The van der Waals surface area contributed by atoms with Crippen LogP contribution < -0.4 is 20.3 Å². The van der Waals surface area contributed by atoms with Gasteiger partial charge in [0.15, 0.2) is 11.5 Å². The molecule has 1 aromatic heterocycles. The highest BCUT2D eigenvalue weighted by Gasteiger charge is 2.33. The minimum absolute atomic E-state index is 0.0718. The number of rotatable bonds is 9. The number of ketones is 1. The molecule has 0 spiro atoms. The number of carbonyl (C=O) groups is 1. The normalized spacial score (nSPS) is 12.0. The van der Waals surface area contributed by atoms with Crippen molar-refractivity contribution >= 4 is 38.2 Å². The number of benzene rings is 6. The van der Waals surface area contributed by atoms with Crippen molar-refractivity contribution in [3.63, 3.8) is 0 Å². The minimum atomic E-state index is -4.42. The Hall–Kier alpha value is -6.49. The van der Waals surface area contributed by atoms with E-state index in [2.05, 4.69) is 10.3 Å². The Labute approximate surface area is 298 Å². The fraction of sp³-hybridized carbons (Fsp3) is 0.0476. The quantitative estimate of drug-likeness (QED) is 0.127. The molecule has 0 saturated carbocycles. The summed E-state index contributed by atoms with van der Waals surface area (Å²) in [5.41, 5.74) is 5.84. The molecule has 1 aliphatic rings. The molecular weight excluding hydrogens is 677 g/mol. The van der Waals surface area contributed by atoms with Crippen molar-refractivity contribution < 1.29 is 27.2 Å². The zero-order valence-corrected chi connectivity index (χ0v) is 28.5. The van der Waals surface area contributed by atoms with Crippen molar-refractivity contribution in [2.75, 3.05) is 5.32 Å². The van der Waals surface area contributed by atoms with Crippen molar-refractivity contribution in [2.45, 2.75) is 18.4 Å². The summed E-state index contributed by atoms with van der Waals surface area (Å²) in [5, 5.41) is 3.75. The van der Waals surface area contributed by atoms with Crippen molar-refractivity contribution in [3.05, 3.63) is 166 Å². The van der Waals surface area contributed by atoms with Crippen LogP contribution in [0.2, 0.25) is 0 Å². The van der Waals surface area contributed by atoms with Crippen LogP contribution >= 0.6 is 0 Å². The lowest BCUT2D eigenvalue weighted by molar-refractivity contribution is 0.104. The first kappa shape index (κ1) is 32.7. The molecule has 0 radical (unpaired) electrons. The number of carbonyl (C=O) groups excluding carboxylic acids is 1. The van der Waals surface area contributed by atoms with Crippen LogP contribution in [0.4, 0.5) is 11.4 Å². The molecule has 256 valence electrons. The van der Waals surface area contributed by atoms with Gasteiger partial charge in [0.1, 0.15) is 18.1 Å². The average molecular weight is 707 g/mol. The van der Waals surface area contributed by atoms with E-state index in [1.165, 1.54) is 24.3 Å². The summed E-state index contributed by atoms with van der Waals surface area (Å²) in [6.07, 6.45) is 0. The number of aromatic nitrogens is 1. The second kappa shape index (κ2) is 13.0. The van der Waals surface area contributed by atoms with Crippen LogP contribution in [0.25, 0.3) is 33.2 Å². The Morgan fingerprint density at radius 2 is 1.38 bits per heavy atom. The second-order valence-electron chi connectivity index (χ2n) is 12.4. The molecule has 1 aliphatic carbocycles. The monoisotopic (exact) mass is 706 g/mol. The Balaban J connectivity index is 1.34. The van der Waals surface area contributed by atoms with Gasteiger partial charge in [-0.25, -0.2) is 0 Å². The number of ether oxygens (including phenoxy) is 2. The maximum absolute atomic E-state index is 14.4. The van der Waals surface area contributed by atoms with Crippen LogP contribution in [0.5, 0.6) is 17.2 Å². The second-order valence-corrected chi connectivity index (χ2v) is 13.8. The number of aromatic amines is 1. The predicted octanol–water partition coefficient (Wildman–Crippen LogP) is 9.08. The van der Waals surface area contributed by atoms with E-state index in [1.54, 1.807) is 30.3 Å². The number of fused-ring (bicyclic) bond motifs is 2. The Morgan fingerprint density at radius 3 is 2.08 bits per heavy atom. The van der Waals surface area contributed by atoms with Crippen LogP contribution in [-0.2, 0) is 16.7 Å². The average Bonchev–Trinajstić information content (AvgIpc) is 3.15. The van der Waals surface area contributed by atoms with E-state index in [0.717, 1.165) is 16.7 Å². The van der Waals surface area contributed by atoms with Gasteiger partial charge in [0, 0.05) is 28.3 Å². The number of hydrogen-bond acceptors (Lipinski definition) is 7. The number of nitrogens with one attached hydrogen (secondary N) is 2. The highest BCUT2D eigenvalue weighted by atomic mass is 32.2. The maximum atomic E-state index is 14.4. The fourth-order valence-electron chi connectivity index (χ4n) is 6.60. The van der Waals surface area contributed by atoms with E-state index in [-0.39, 0.29) is 23.0 Å². The molecular formula is C42H30N2O7S. The number of pyridine rings is 1. The summed E-state index contributed by atoms with van der Waals surface area (Å²) in [6.45, 7) is 1.86. The zero-order chi connectivity index (χ0) is 36.0. The van der Waals surface area contributed by atoms with Crippen LogP contribution in [0.3, 0.4) is 0 Å². The first-order valence-corrected chi connectivity index (χ1v) is 17.9. The van der Waals surface area contributed by atoms with E-state index in [4.69, 9.17) is 9.47 Å². The molecule has 0 atom stereocenters. The molecule has 0 aliphatic heterocycles. The SMILES string of the molecule is Cc1cc(-c2ccccc2)ccc1Oc1cc(Nc2ccc(S(=O)(=O)O)cc2)c2c3c(c(COc4ccccc4)c(=O)[nH]c13)-c1ccccc1C2=O. The highest BCUT2D eigenvalue weighted by molar-refractivity contribution is 7.85. The molecule has 3 N–H and O–H groups in total. The molecule has 7 aromatic rings. The van der Waals surface area contributed by atoms with E-state index >= 15 is 0 Å². The van der Waals surface area contributed by atoms with Crippen LogP contribution in [0.1, 0.15) is 27.0 Å². The Bertz CT molecular complexity index is 2690. The van der Waals surface area contributed by atoms with Crippen molar-refractivity contribution in [1.82, 2.24) is 4.98 Å². The third-order valence-corrected chi connectivity index (χ3v) is 9.95. The van der Waals surface area contributed by atoms with E-state index in [0.29, 0.717) is 61.6 Å². The third-order valence-electron chi connectivity index (χ3n) is 9.08. The lowest BCUT2D eigenvalue weighted by Crippen LogP contribution is -2.22. The van der Waals surface area contributed by atoms with Gasteiger partial charge in [0.05, 0.1) is 27.2 Å². The predicted molar refractivity (Wildman–Crippen MR) is 200 cm³/mol. The summed E-state index contributed by atoms with van der Waals surface area (Å²) in [7, 11) is -4.42. The maximum Gasteiger partial charge on any atom is 0.294 e. The van der Waals surface area contributed by atoms with Crippen molar-refractivity contribution in [1.29, 1.82) is 0 Å². The van der Waals surface area contributed by atoms with Crippen LogP contribution in [0.15, 0.2) is 143 Å². The minimum Gasteiger partial charge on any atom is -0.489 e. The molecule has 9 nitrogen and oxygen atoms in total. The van der Waals surface area contributed by atoms with E-state index in [1.807, 2.05) is 85.8 Å². The number of hydrogen-bond donors (Lipinski definition) is 3. The number of anilines is 2. The number of para-hydroxylation sites is 1. The topological polar surface area (TPSA) is 135 Å². The number of aryl methyl sites for hydroxylation is 1. The van der Waals surface area contributed by atoms with Gasteiger partial charge >= 0.3 is 0 Å². The smallest absolute Gasteiger partial charge is 0.294 e. The zero-order valence-electron chi connectivity index (χ0n) is 27.7. The fourth-order valence-corrected chi connectivity index (χ4v) is 7.08. The molecule has 0 bridgehead atoms. The summed E-state index contributed by atoms with van der Waals surface area (Å²) in [5.74, 6) is 1.13. The molecule has 8 rings (SSSR count). The van der Waals surface area contributed by atoms with Crippen LogP contribution in [-0.4, -0.2) is 23.7 Å². The highest BCUT2D eigenvalue weighted by Crippen LogP contribution is 2.47. The van der Waals surface area contributed by atoms with Crippen molar-refractivity contribution in [3.8, 4) is 39.5 Å². The Kier molecular flexibility index (Phi) is 8.17. The van der Waals surface area contributed by atoms with Gasteiger partial charge in [-0.05, 0) is 77.7 Å². The summed E-state index contributed by atoms with van der Waals surface area (Å²) in [6, 6.07) is 39.3. The summed E-state index contributed by atoms with van der Waals surface area (Å²) in [4.78, 5) is 31.3. The Morgan fingerprint density at radius 1 is 0.712 bits per heavy atom. The van der Waals surface area contributed by atoms with Gasteiger partial charge in [0.2, 0.25) is 0 Å². The molecule has 0 unspecified atom stereocenters. The largest absolute Gasteiger partial charge is 0.489 e. The lowest BCUT2D eigenvalue weighted by atomic mass is 9.81. The molecule has 0 amide bonds. The van der Waals surface area contributed by atoms with Crippen LogP contribution in [0, 0.1) is 6.92 Å². The van der Waals surface area contributed by atoms with Gasteiger partial charge in [-0.3, -0.25) is 14.1 Å². The molecule has 0 saturated heterocycles. The van der Waals surface area contributed by atoms with Crippen molar-refractivity contribution in [2.24, 2.45) is 0 Å². The molecule has 52 heavy (non-hydrogen) atoms. The molecule has 6 aromatic carbocycles. The van der Waals surface area contributed by atoms with Gasteiger partial charge in [-0.15, -0.1) is 0 Å². The molecule has 10 heteroatoms. The first-order valence-electron chi connectivity index (χ1n) is 16.4. The molecule has 0 fully saturated rings. The summed E-state index contributed by atoms with van der Waals surface area (Å²) < 4.78 is 45.7. The molecule has 1 heterocycles. The first-order chi connectivity index (χ1) is 25.2. The van der Waals surface area contributed by atoms with E-state index in [9.17, 15) is 22.6 Å². The van der Waals surface area contributed by atoms with Gasteiger partial charge in [0.25, 0.3) is 15.7 Å². The third kappa shape index (κ3) is 6.00. The van der Waals surface area contributed by atoms with Gasteiger partial charge in [-0.2, -0.15) is 8.42 Å².